The molecule has 3 heteroatoms. The Hall–Kier alpha value is -1.06. The standard InChI is InChI=1S/C18H31NO2/c1-5-16-9-7-10-17(13-16)21-12-8-11-18(6-2,14-20)19-15(3)4/h7,9-10,13,15,19-20H,5-6,8,11-12,14H2,1-4H3. The van der Waals surface area contributed by atoms with Gasteiger partial charge in [-0.3, -0.25) is 0 Å². The van der Waals surface area contributed by atoms with Crippen LogP contribution in [0, 0.1) is 0 Å². The van der Waals surface area contributed by atoms with Crippen LogP contribution in [-0.4, -0.2) is 29.9 Å². The molecule has 0 aliphatic heterocycles. The van der Waals surface area contributed by atoms with Crippen LogP contribution in [0.15, 0.2) is 24.3 Å². The lowest BCUT2D eigenvalue weighted by atomic mass is 9.90. The molecule has 21 heavy (non-hydrogen) atoms. The highest BCUT2D eigenvalue weighted by Crippen LogP contribution is 2.19. The molecule has 0 aliphatic carbocycles. The summed E-state index contributed by atoms with van der Waals surface area (Å²) in [6.45, 7) is 9.37. The predicted octanol–water partition coefficient (Wildman–Crippen LogP) is 3.55. The van der Waals surface area contributed by atoms with Crippen molar-refractivity contribution >= 4 is 0 Å². The zero-order chi connectivity index (χ0) is 15.7. The summed E-state index contributed by atoms with van der Waals surface area (Å²) in [5.41, 5.74) is 1.12. The fourth-order valence-electron chi connectivity index (χ4n) is 2.66. The van der Waals surface area contributed by atoms with Gasteiger partial charge in [-0.2, -0.15) is 0 Å². The van der Waals surface area contributed by atoms with Crippen LogP contribution in [0.4, 0.5) is 0 Å². The van der Waals surface area contributed by atoms with Crippen molar-refractivity contribution < 1.29 is 9.84 Å². The molecule has 0 amide bonds. The summed E-state index contributed by atoms with van der Waals surface area (Å²) < 4.78 is 5.83. The van der Waals surface area contributed by atoms with E-state index in [4.69, 9.17) is 4.74 Å². The van der Waals surface area contributed by atoms with Crippen LogP contribution in [-0.2, 0) is 6.42 Å². The van der Waals surface area contributed by atoms with Gasteiger partial charge >= 0.3 is 0 Å². The Labute approximate surface area is 129 Å². The van der Waals surface area contributed by atoms with Crippen LogP contribution < -0.4 is 10.1 Å². The van der Waals surface area contributed by atoms with Crippen LogP contribution in [0.5, 0.6) is 5.75 Å². The quantitative estimate of drug-likeness (QED) is 0.648. The molecule has 0 bridgehead atoms. The second-order valence-electron chi connectivity index (χ2n) is 6.04. The monoisotopic (exact) mass is 293 g/mol. The van der Waals surface area contributed by atoms with Gasteiger partial charge in [-0.1, -0.05) is 39.8 Å². The molecular weight excluding hydrogens is 262 g/mol. The van der Waals surface area contributed by atoms with E-state index in [-0.39, 0.29) is 12.1 Å². The summed E-state index contributed by atoms with van der Waals surface area (Å²) >= 11 is 0. The molecule has 1 aromatic carbocycles. The molecule has 0 heterocycles. The first-order chi connectivity index (χ1) is 10.0. The molecule has 0 fully saturated rings. The lowest BCUT2D eigenvalue weighted by Gasteiger charge is -2.34. The van der Waals surface area contributed by atoms with Gasteiger partial charge in [0.2, 0.25) is 0 Å². The normalized spacial score (nSPS) is 14.2. The number of rotatable bonds is 10. The molecule has 0 radical (unpaired) electrons. The van der Waals surface area contributed by atoms with Crippen molar-refractivity contribution in [2.24, 2.45) is 0 Å². The molecule has 0 saturated carbocycles. The zero-order valence-corrected chi connectivity index (χ0v) is 14.0. The van der Waals surface area contributed by atoms with Crippen molar-refractivity contribution in [2.75, 3.05) is 13.2 Å². The van der Waals surface area contributed by atoms with E-state index in [1.807, 2.05) is 12.1 Å². The van der Waals surface area contributed by atoms with Crippen molar-refractivity contribution in [3.8, 4) is 5.75 Å². The highest BCUT2D eigenvalue weighted by atomic mass is 16.5. The Morgan fingerprint density at radius 2 is 2.05 bits per heavy atom. The number of nitrogens with one attached hydrogen (secondary N) is 1. The minimum atomic E-state index is -0.178. The van der Waals surface area contributed by atoms with Crippen molar-refractivity contribution in [3.63, 3.8) is 0 Å². The first-order valence-corrected chi connectivity index (χ1v) is 8.15. The van der Waals surface area contributed by atoms with E-state index in [1.165, 1.54) is 5.56 Å². The fourth-order valence-corrected chi connectivity index (χ4v) is 2.66. The molecule has 1 unspecified atom stereocenters. The number of ether oxygens (including phenoxy) is 1. The molecule has 1 aromatic rings. The molecule has 0 spiro atoms. The fraction of sp³-hybridized carbons (Fsp3) is 0.667. The first-order valence-electron chi connectivity index (χ1n) is 8.15. The third kappa shape index (κ3) is 6.06. The number of aliphatic hydroxyl groups is 1. The highest BCUT2D eigenvalue weighted by molar-refractivity contribution is 5.28. The van der Waals surface area contributed by atoms with Gasteiger partial charge in [0.05, 0.1) is 13.2 Å². The van der Waals surface area contributed by atoms with Gasteiger partial charge in [-0.15, -0.1) is 0 Å². The Morgan fingerprint density at radius 1 is 1.29 bits per heavy atom. The molecule has 1 rings (SSSR count). The number of hydrogen-bond acceptors (Lipinski definition) is 3. The summed E-state index contributed by atoms with van der Waals surface area (Å²) in [6.07, 6.45) is 3.81. The van der Waals surface area contributed by atoms with Gasteiger partial charge in [0, 0.05) is 11.6 Å². The van der Waals surface area contributed by atoms with Crippen molar-refractivity contribution in [2.45, 2.75) is 65.0 Å². The van der Waals surface area contributed by atoms with E-state index in [2.05, 4.69) is 45.1 Å². The van der Waals surface area contributed by atoms with Gasteiger partial charge < -0.3 is 15.2 Å². The Kier molecular flexibility index (Phi) is 7.76. The average Bonchev–Trinajstić information content (AvgIpc) is 2.50. The van der Waals surface area contributed by atoms with E-state index in [1.54, 1.807) is 0 Å². The number of benzene rings is 1. The lowest BCUT2D eigenvalue weighted by Crippen LogP contribution is -2.51. The topological polar surface area (TPSA) is 41.5 Å². The molecule has 120 valence electrons. The van der Waals surface area contributed by atoms with Crippen molar-refractivity contribution in [3.05, 3.63) is 29.8 Å². The minimum Gasteiger partial charge on any atom is -0.494 e. The smallest absolute Gasteiger partial charge is 0.119 e. The Bertz CT molecular complexity index is 400. The largest absolute Gasteiger partial charge is 0.494 e. The SMILES string of the molecule is CCc1cccc(OCCCC(CC)(CO)NC(C)C)c1. The summed E-state index contributed by atoms with van der Waals surface area (Å²) in [5.74, 6) is 0.942. The van der Waals surface area contributed by atoms with Crippen molar-refractivity contribution in [1.29, 1.82) is 0 Å². The first kappa shape index (κ1) is 18.0. The molecule has 2 N–H and O–H groups in total. The molecular formula is C18H31NO2. The van der Waals surface area contributed by atoms with Crippen molar-refractivity contribution in [1.82, 2.24) is 5.32 Å². The van der Waals surface area contributed by atoms with E-state index in [0.717, 1.165) is 31.4 Å². The third-order valence-electron chi connectivity index (χ3n) is 3.95. The average molecular weight is 293 g/mol. The number of hydrogen-bond donors (Lipinski definition) is 2. The Balaban J connectivity index is 2.43. The second kappa shape index (κ2) is 9.06. The predicted molar refractivity (Wildman–Crippen MR) is 88.9 cm³/mol. The summed E-state index contributed by atoms with van der Waals surface area (Å²) in [7, 11) is 0. The minimum absolute atomic E-state index is 0.174. The van der Waals surface area contributed by atoms with E-state index < -0.39 is 0 Å². The molecule has 0 saturated heterocycles. The van der Waals surface area contributed by atoms with Gasteiger partial charge in [-0.05, 0) is 43.4 Å². The van der Waals surface area contributed by atoms with Crippen LogP contribution in [0.25, 0.3) is 0 Å². The van der Waals surface area contributed by atoms with Crippen LogP contribution in [0.1, 0.15) is 52.5 Å². The third-order valence-corrected chi connectivity index (χ3v) is 3.95. The maximum absolute atomic E-state index is 9.71. The summed E-state index contributed by atoms with van der Waals surface area (Å²) in [5, 5.41) is 13.2. The molecule has 1 atom stereocenters. The maximum atomic E-state index is 9.71. The maximum Gasteiger partial charge on any atom is 0.119 e. The zero-order valence-electron chi connectivity index (χ0n) is 14.0. The lowest BCUT2D eigenvalue weighted by molar-refractivity contribution is 0.129. The van der Waals surface area contributed by atoms with E-state index in [0.29, 0.717) is 12.6 Å². The van der Waals surface area contributed by atoms with Gasteiger partial charge in [-0.25, -0.2) is 0 Å². The van der Waals surface area contributed by atoms with Crippen LogP contribution in [0.2, 0.25) is 0 Å². The van der Waals surface area contributed by atoms with Crippen LogP contribution >= 0.6 is 0 Å². The molecule has 0 aromatic heterocycles. The highest BCUT2D eigenvalue weighted by Gasteiger charge is 2.27. The van der Waals surface area contributed by atoms with Crippen LogP contribution in [0.3, 0.4) is 0 Å². The Morgan fingerprint density at radius 3 is 2.62 bits per heavy atom. The number of aliphatic hydroxyl groups excluding tert-OH is 1. The van der Waals surface area contributed by atoms with Gasteiger partial charge in [0.1, 0.15) is 5.75 Å². The molecule has 0 aliphatic rings. The second-order valence-corrected chi connectivity index (χ2v) is 6.04. The van der Waals surface area contributed by atoms with Gasteiger partial charge in [0.15, 0.2) is 0 Å². The van der Waals surface area contributed by atoms with E-state index >= 15 is 0 Å². The molecule has 3 nitrogen and oxygen atoms in total. The number of aryl methyl sites for hydroxylation is 1. The summed E-state index contributed by atoms with van der Waals surface area (Å²) in [4.78, 5) is 0. The van der Waals surface area contributed by atoms with E-state index in [9.17, 15) is 5.11 Å². The summed E-state index contributed by atoms with van der Waals surface area (Å²) in [6, 6.07) is 8.64. The van der Waals surface area contributed by atoms with Gasteiger partial charge in [0.25, 0.3) is 0 Å².